The zero-order valence-electron chi connectivity index (χ0n) is 23.6. The third-order valence-electron chi connectivity index (χ3n) is 8.07. The number of thioether (sulfide) groups is 1. The number of carbonyl (C=O) groups is 3. The van der Waals surface area contributed by atoms with Gasteiger partial charge in [-0.1, -0.05) is 78.9 Å². The topological polar surface area (TPSA) is 114 Å². The first kappa shape index (κ1) is 29.7. The number of amides is 2. The summed E-state index contributed by atoms with van der Waals surface area (Å²) >= 11 is 1.76. The fraction of sp³-hybridized carbons (Fsp3) is 0.364. The normalized spacial score (nSPS) is 16.9. The van der Waals surface area contributed by atoms with Crippen LogP contribution in [0.25, 0.3) is 11.1 Å². The van der Waals surface area contributed by atoms with Crippen molar-refractivity contribution in [2.24, 2.45) is 0 Å². The van der Waals surface area contributed by atoms with Crippen LogP contribution < -0.4 is 10.6 Å². The number of carbonyl (C=O) groups excluding carboxylic acids is 2. The van der Waals surface area contributed by atoms with Gasteiger partial charge in [-0.3, -0.25) is 4.79 Å². The standard InChI is InChI=1S/C33H36N2O6S/c1-22(40-20-23-9-3-2-4-10-23)30(31(37)38)34-29(36)19-33(15-17-42-18-16-33)35-32(39)41-21-28-26-13-7-5-11-24(26)25-12-6-8-14-27(25)28/h2-14,22,28,30H,15-21H2,1H3,(H,34,36)(H,35,39)(H,37,38). The van der Waals surface area contributed by atoms with Crippen LogP contribution in [0.5, 0.6) is 0 Å². The van der Waals surface area contributed by atoms with Crippen LogP contribution in [0.3, 0.4) is 0 Å². The molecule has 0 radical (unpaired) electrons. The Kier molecular flexibility index (Phi) is 9.49. The highest BCUT2D eigenvalue weighted by molar-refractivity contribution is 7.99. The van der Waals surface area contributed by atoms with Gasteiger partial charge in [0, 0.05) is 12.3 Å². The van der Waals surface area contributed by atoms with Gasteiger partial charge in [-0.25, -0.2) is 9.59 Å². The second-order valence-corrected chi connectivity index (χ2v) is 12.1. The van der Waals surface area contributed by atoms with Gasteiger partial charge >= 0.3 is 12.1 Å². The number of carboxylic acids is 1. The molecular weight excluding hydrogens is 552 g/mol. The van der Waals surface area contributed by atoms with E-state index in [-0.39, 0.29) is 25.6 Å². The van der Waals surface area contributed by atoms with E-state index in [9.17, 15) is 19.5 Å². The van der Waals surface area contributed by atoms with Gasteiger partial charge in [0.1, 0.15) is 6.61 Å². The molecule has 0 aromatic heterocycles. The van der Waals surface area contributed by atoms with E-state index in [2.05, 4.69) is 34.9 Å². The number of hydrogen-bond donors (Lipinski definition) is 3. The second-order valence-electron chi connectivity index (χ2n) is 10.9. The van der Waals surface area contributed by atoms with Gasteiger partial charge in [-0.2, -0.15) is 11.8 Å². The molecule has 3 N–H and O–H groups in total. The van der Waals surface area contributed by atoms with E-state index in [1.54, 1.807) is 18.7 Å². The van der Waals surface area contributed by atoms with Crippen molar-refractivity contribution >= 4 is 29.7 Å². The van der Waals surface area contributed by atoms with Crippen LogP contribution in [0.2, 0.25) is 0 Å². The summed E-state index contributed by atoms with van der Waals surface area (Å²) in [6.07, 6.45) is -0.238. The minimum Gasteiger partial charge on any atom is -0.480 e. The van der Waals surface area contributed by atoms with Crippen molar-refractivity contribution in [1.82, 2.24) is 10.6 Å². The first-order valence-corrected chi connectivity index (χ1v) is 15.4. The molecule has 1 aliphatic carbocycles. The van der Waals surface area contributed by atoms with Gasteiger partial charge in [-0.05, 0) is 59.1 Å². The lowest BCUT2D eigenvalue weighted by Gasteiger charge is -2.37. The summed E-state index contributed by atoms with van der Waals surface area (Å²) in [5, 5.41) is 15.5. The SMILES string of the molecule is CC(OCc1ccccc1)C(NC(=O)CC1(NC(=O)OCC2c3ccccc3-c3ccccc32)CCSCC1)C(=O)O. The minimum atomic E-state index is -1.23. The Hall–Kier alpha value is -3.82. The summed E-state index contributed by atoms with van der Waals surface area (Å²) in [6, 6.07) is 24.5. The molecular formula is C33H36N2O6S. The average molecular weight is 589 g/mol. The molecule has 1 saturated heterocycles. The van der Waals surface area contributed by atoms with Gasteiger partial charge in [0.2, 0.25) is 5.91 Å². The Labute approximate surface area is 250 Å². The third kappa shape index (κ3) is 6.97. The Morgan fingerprint density at radius 1 is 0.929 bits per heavy atom. The molecule has 220 valence electrons. The van der Waals surface area contributed by atoms with Crippen molar-refractivity contribution in [3.05, 3.63) is 95.6 Å². The lowest BCUT2D eigenvalue weighted by Crippen LogP contribution is -2.56. The van der Waals surface area contributed by atoms with Crippen LogP contribution in [-0.4, -0.2) is 58.9 Å². The molecule has 3 aromatic carbocycles. The molecule has 0 saturated carbocycles. The van der Waals surface area contributed by atoms with E-state index in [0.717, 1.165) is 39.3 Å². The van der Waals surface area contributed by atoms with Crippen LogP contribution >= 0.6 is 11.8 Å². The number of fused-ring (bicyclic) bond motifs is 3. The monoisotopic (exact) mass is 588 g/mol. The number of rotatable bonds is 11. The van der Waals surface area contributed by atoms with E-state index >= 15 is 0 Å². The number of carboxylic acid groups (broad SMARTS) is 1. The number of aliphatic carboxylic acids is 1. The van der Waals surface area contributed by atoms with Crippen molar-refractivity contribution in [1.29, 1.82) is 0 Å². The van der Waals surface area contributed by atoms with E-state index in [4.69, 9.17) is 9.47 Å². The van der Waals surface area contributed by atoms with E-state index < -0.39 is 35.7 Å². The molecule has 3 aromatic rings. The molecule has 1 fully saturated rings. The largest absolute Gasteiger partial charge is 0.480 e. The molecule has 0 bridgehead atoms. The predicted molar refractivity (Wildman–Crippen MR) is 162 cm³/mol. The van der Waals surface area contributed by atoms with Crippen LogP contribution in [0.15, 0.2) is 78.9 Å². The van der Waals surface area contributed by atoms with Gasteiger partial charge in [0.05, 0.1) is 18.2 Å². The number of benzene rings is 3. The van der Waals surface area contributed by atoms with Crippen LogP contribution in [0, 0.1) is 0 Å². The quantitative estimate of drug-likeness (QED) is 0.277. The summed E-state index contributed by atoms with van der Waals surface area (Å²) in [5.74, 6) is -0.158. The second kappa shape index (κ2) is 13.4. The van der Waals surface area contributed by atoms with Crippen molar-refractivity contribution in [2.45, 2.75) is 56.4 Å². The van der Waals surface area contributed by atoms with Crippen molar-refractivity contribution in [3.63, 3.8) is 0 Å². The first-order chi connectivity index (χ1) is 20.3. The van der Waals surface area contributed by atoms with Crippen LogP contribution in [-0.2, 0) is 25.7 Å². The number of hydrogen-bond acceptors (Lipinski definition) is 6. The number of nitrogens with one attached hydrogen (secondary N) is 2. The van der Waals surface area contributed by atoms with Crippen LogP contribution in [0.1, 0.15) is 48.8 Å². The molecule has 2 aliphatic rings. The highest BCUT2D eigenvalue weighted by atomic mass is 32.2. The highest BCUT2D eigenvalue weighted by Gasteiger charge is 2.39. The van der Waals surface area contributed by atoms with Crippen molar-refractivity contribution < 1.29 is 29.0 Å². The van der Waals surface area contributed by atoms with Gasteiger partial charge < -0.3 is 25.2 Å². The minimum absolute atomic E-state index is 0.0487. The zero-order chi connectivity index (χ0) is 29.5. The molecule has 9 heteroatoms. The molecule has 5 rings (SSSR count). The Morgan fingerprint density at radius 3 is 2.14 bits per heavy atom. The lowest BCUT2D eigenvalue weighted by atomic mass is 9.88. The Bertz CT molecular complexity index is 1360. The summed E-state index contributed by atoms with van der Waals surface area (Å²) in [5.41, 5.74) is 4.63. The van der Waals surface area contributed by atoms with Gasteiger partial charge in [-0.15, -0.1) is 0 Å². The molecule has 2 atom stereocenters. The van der Waals surface area contributed by atoms with E-state index in [0.29, 0.717) is 12.8 Å². The Morgan fingerprint density at radius 2 is 1.52 bits per heavy atom. The molecule has 2 unspecified atom stereocenters. The van der Waals surface area contributed by atoms with Gasteiger partial charge in [0.25, 0.3) is 0 Å². The maximum atomic E-state index is 13.2. The summed E-state index contributed by atoms with van der Waals surface area (Å²) in [7, 11) is 0. The predicted octanol–water partition coefficient (Wildman–Crippen LogP) is 5.36. The van der Waals surface area contributed by atoms with Crippen molar-refractivity contribution in [3.8, 4) is 11.1 Å². The molecule has 0 spiro atoms. The van der Waals surface area contributed by atoms with Crippen LogP contribution in [0.4, 0.5) is 4.79 Å². The number of ether oxygens (including phenoxy) is 2. The first-order valence-electron chi connectivity index (χ1n) is 14.2. The van der Waals surface area contributed by atoms with Gasteiger partial charge in [0.15, 0.2) is 6.04 Å². The summed E-state index contributed by atoms with van der Waals surface area (Å²) in [4.78, 5) is 38.4. The fourth-order valence-corrected chi connectivity index (χ4v) is 7.04. The maximum absolute atomic E-state index is 13.2. The fourth-order valence-electron chi connectivity index (χ4n) is 5.77. The Balaban J connectivity index is 1.20. The van der Waals surface area contributed by atoms with E-state index in [1.807, 2.05) is 54.6 Å². The smallest absolute Gasteiger partial charge is 0.407 e. The zero-order valence-corrected chi connectivity index (χ0v) is 24.4. The van der Waals surface area contributed by atoms with E-state index in [1.165, 1.54) is 0 Å². The summed E-state index contributed by atoms with van der Waals surface area (Å²) < 4.78 is 11.6. The molecule has 2 amide bonds. The average Bonchev–Trinajstić information content (AvgIpc) is 3.32. The highest BCUT2D eigenvalue weighted by Crippen LogP contribution is 2.44. The lowest BCUT2D eigenvalue weighted by molar-refractivity contribution is -0.146. The maximum Gasteiger partial charge on any atom is 0.407 e. The summed E-state index contributed by atoms with van der Waals surface area (Å²) in [6.45, 7) is 2.03. The molecule has 1 heterocycles. The molecule has 1 aliphatic heterocycles. The molecule has 42 heavy (non-hydrogen) atoms. The van der Waals surface area contributed by atoms with Crippen molar-refractivity contribution in [2.75, 3.05) is 18.1 Å². The number of alkyl carbamates (subject to hydrolysis) is 1. The molecule has 8 nitrogen and oxygen atoms in total. The third-order valence-corrected chi connectivity index (χ3v) is 9.05.